The largest absolute Gasteiger partial charge is 0.310 e. The van der Waals surface area contributed by atoms with Crippen LogP contribution in [-0.4, -0.2) is 0 Å². The molecule has 306 valence electrons. The summed E-state index contributed by atoms with van der Waals surface area (Å²) in [6, 6.07) is 81.0. The summed E-state index contributed by atoms with van der Waals surface area (Å²) < 4.78 is 0. The summed E-state index contributed by atoms with van der Waals surface area (Å²) in [6.07, 6.45) is 0. The first-order valence-electron chi connectivity index (χ1n) is 22.5. The van der Waals surface area contributed by atoms with Gasteiger partial charge in [0.15, 0.2) is 0 Å². The van der Waals surface area contributed by atoms with Crippen molar-refractivity contribution in [1.82, 2.24) is 0 Å². The van der Waals surface area contributed by atoms with E-state index in [9.17, 15) is 0 Å². The number of benzene rings is 10. The van der Waals surface area contributed by atoms with Gasteiger partial charge in [0.2, 0.25) is 0 Å². The average molecular weight is 821 g/mol. The van der Waals surface area contributed by atoms with Gasteiger partial charge in [0.1, 0.15) is 0 Å². The lowest BCUT2D eigenvalue weighted by Gasteiger charge is -2.32. The second-order valence-electron chi connectivity index (χ2n) is 18.6. The van der Waals surface area contributed by atoms with Crippen molar-refractivity contribution in [2.45, 2.75) is 38.5 Å². The van der Waals surface area contributed by atoms with Gasteiger partial charge in [-0.2, -0.15) is 0 Å². The molecule has 0 heterocycles. The summed E-state index contributed by atoms with van der Waals surface area (Å²) in [5, 5.41) is 4.86. The van der Waals surface area contributed by atoms with Gasteiger partial charge in [-0.3, -0.25) is 0 Å². The maximum Gasteiger partial charge on any atom is 0.0546 e. The minimum absolute atomic E-state index is 0.145. The summed E-state index contributed by atoms with van der Waals surface area (Å²) in [5.74, 6) is 0. The van der Waals surface area contributed by atoms with Crippen LogP contribution in [0.15, 0.2) is 218 Å². The van der Waals surface area contributed by atoms with Crippen LogP contribution < -0.4 is 9.80 Å². The Morgan fingerprint density at radius 2 is 0.766 bits per heavy atom. The van der Waals surface area contributed by atoms with Crippen molar-refractivity contribution >= 4 is 55.7 Å². The highest BCUT2D eigenvalue weighted by Crippen LogP contribution is 2.54. The Morgan fingerprint density at radius 3 is 1.42 bits per heavy atom. The fraction of sp³-hybridized carbons (Fsp3) is 0.0968. The van der Waals surface area contributed by atoms with E-state index in [1.807, 2.05) is 0 Å². The average Bonchev–Trinajstić information content (AvgIpc) is 3.71. The third kappa shape index (κ3) is 5.86. The first kappa shape index (κ1) is 38.0. The Morgan fingerprint density at radius 1 is 0.297 bits per heavy atom. The Labute approximate surface area is 376 Å². The maximum absolute atomic E-state index is 2.49. The van der Waals surface area contributed by atoms with Crippen LogP contribution >= 0.6 is 0 Å². The highest BCUT2D eigenvalue weighted by atomic mass is 15.2. The zero-order valence-electron chi connectivity index (χ0n) is 36.7. The summed E-state index contributed by atoms with van der Waals surface area (Å²) in [6.45, 7) is 9.49. The Bertz CT molecular complexity index is 3360. The molecule has 0 spiro atoms. The molecule has 0 N–H and O–H groups in total. The molecule has 0 amide bonds. The number of hydrogen-bond acceptors (Lipinski definition) is 2. The number of fused-ring (bicyclic) bond motifs is 8. The molecule has 10 aromatic rings. The van der Waals surface area contributed by atoms with Gasteiger partial charge in [0.05, 0.1) is 5.69 Å². The topological polar surface area (TPSA) is 6.48 Å². The van der Waals surface area contributed by atoms with Gasteiger partial charge in [0, 0.05) is 44.8 Å². The van der Waals surface area contributed by atoms with E-state index in [0.29, 0.717) is 0 Å². The van der Waals surface area contributed by atoms with Crippen LogP contribution in [0, 0.1) is 0 Å². The molecule has 0 fully saturated rings. The van der Waals surface area contributed by atoms with Gasteiger partial charge < -0.3 is 9.80 Å². The quantitative estimate of drug-likeness (QED) is 0.158. The first-order chi connectivity index (χ1) is 31.3. The lowest BCUT2D eigenvalue weighted by Crippen LogP contribution is -2.18. The van der Waals surface area contributed by atoms with Gasteiger partial charge >= 0.3 is 0 Å². The van der Waals surface area contributed by atoms with Crippen molar-refractivity contribution in [1.29, 1.82) is 0 Å². The molecule has 0 aromatic heterocycles. The number of anilines is 6. The zero-order chi connectivity index (χ0) is 43.2. The van der Waals surface area contributed by atoms with Gasteiger partial charge in [-0.15, -0.1) is 0 Å². The van der Waals surface area contributed by atoms with Crippen LogP contribution in [0.4, 0.5) is 34.1 Å². The monoisotopic (exact) mass is 820 g/mol. The van der Waals surface area contributed by atoms with Crippen LogP contribution in [0.2, 0.25) is 0 Å². The minimum atomic E-state index is -0.145. The van der Waals surface area contributed by atoms with E-state index in [2.05, 4.69) is 256 Å². The molecule has 2 aliphatic rings. The molecule has 12 rings (SSSR count). The number of hydrogen-bond donors (Lipinski definition) is 0. The fourth-order valence-electron chi connectivity index (χ4n) is 11.0. The van der Waals surface area contributed by atoms with E-state index in [1.54, 1.807) is 0 Å². The van der Waals surface area contributed by atoms with Gasteiger partial charge in [-0.1, -0.05) is 185 Å². The van der Waals surface area contributed by atoms with E-state index in [4.69, 9.17) is 0 Å². The summed E-state index contributed by atoms with van der Waals surface area (Å²) in [4.78, 5) is 4.95. The molecule has 0 saturated carbocycles. The molecule has 0 bridgehead atoms. The molecule has 0 atom stereocenters. The van der Waals surface area contributed by atoms with Crippen LogP contribution in [0.1, 0.15) is 49.9 Å². The molecule has 0 unspecified atom stereocenters. The van der Waals surface area contributed by atoms with Gasteiger partial charge in [-0.05, 0) is 132 Å². The van der Waals surface area contributed by atoms with E-state index in [0.717, 1.165) is 34.1 Å². The normalized spacial score (nSPS) is 13.9. The first-order valence-corrected chi connectivity index (χ1v) is 22.5. The summed E-state index contributed by atoms with van der Waals surface area (Å²) in [7, 11) is 0. The molecule has 2 aliphatic carbocycles. The van der Waals surface area contributed by atoms with Crippen molar-refractivity contribution in [3.63, 3.8) is 0 Å². The molecule has 2 nitrogen and oxygen atoms in total. The van der Waals surface area contributed by atoms with Crippen LogP contribution in [0.25, 0.3) is 54.9 Å². The number of nitrogens with zero attached hydrogens (tertiary/aromatic N) is 2. The van der Waals surface area contributed by atoms with E-state index in [-0.39, 0.29) is 10.8 Å². The van der Waals surface area contributed by atoms with E-state index < -0.39 is 0 Å². The third-order valence-electron chi connectivity index (χ3n) is 14.2. The highest BCUT2D eigenvalue weighted by Gasteiger charge is 2.38. The van der Waals surface area contributed by atoms with Crippen molar-refractivity contribution in [2.75, 3.05) is 9.80 Å². The molecule has 0 saturated heterocycles. The molecule has 2 heteroatoms. The molecule has 0 aliphatic heterocycles. The molecular formula is C62H48N2. The van der Waals surface area contributed by atoms with Crippen molar-refractivity contribution in [2.24, 2.45) is 0 Å². The predicted molar refractivity (Wildman–Crippen MR) is 271 cm³/mol. The van der Waals surface area contributed by atoms with Crippen molar-refractivity contribution < 1.29 is 0 Å². The fourth-order valence-corrected chi connectivity index (χ4v) is 11.0. The van der Waals surface area contributed by atoms with Gasteiger partial charge in [0.25, 0.3) is 0 Å². The molecule has 0 radical (unpaired) electrons. The molecule has 64 heavy (non-hydrogen) atoms. The summed E-state index contributed by atoms with van der Waals surface area (Å²) >= 11 is 0. The lowest BCUT2D eigenvalue weighted by atomic mass is 9.82. The molecule has 10 aromatic carbocycles. The minimum Gasteiger partial charge on any atom is -0.310 e. The predicted octanol–water partition coefficient (Wildman–Crippen LogP) is 17.2. The summed E-state index contributed by atoms with van der Waals surface area (Å²) in [5.41, 5.74) is 19.5. The van der Waals surface area contributed by atoms with E-state index >= 15 is 0 Å². The smallest absolute Gasteiger partial charge is 0.0546 e. The Hall–Kier alpha value is -7.68. The van der Waals surface area contributed by atoms with Crippen LogP contribution in [0.3, 0.4) is 0 Å². The van der Waals surface area contributed by atoms with E-state index in [1.165, 1.54) is 77.2 Å². The van der Waals surface area contributed by atoms with Crippen LogP contribution in [-0.2, 0) is 10.8 Å². The standard InChI is InChI=1S/C62H48N2/c1-61(2)55-27-14-12-25-51(55)53-34-32-48(39-57(53)61)63(49-33-35-54-52-26-13-15-28-56(52)62(3,4)58(54)40-49)45-22-16-23-46(38-45)64(47-31-29-41-17-8-9-21-44(41)37-47)59-36-30-42-18-10-11-24-50(42)60(59)43-19-6-5-7-20-43/h5-40H,1-4H3. The highest BCUT2D eigenvalue weighted by molar-refractivity contribution is 6.06. The Kier molecular flexibility index (Phi) is 8.58. The maximum atomic E-state index is 2.49. The third-order valence-corrected chi connectivity index (χ3v) is 14.2. The second kappa shape index (κ2) is 14.4. The lowest BCUT2D eigenvalue weighted by molar-refractivity contribution is 0.660. The molecular weight excluding hydrogens is 773 g/mol. The van der Waals surface area contributed by atoms with Crippen molar-refractivity contribution in [3.05, 3.63) is 241 Å². The van der Waals surface area contributed by atoms with Crippen molar-refractivity contribution in [3.8, 4) is 33.4 Å². The second-order valence-corrected chi connectivity index (χ2v) is 18.6. The Balaban J connectivity index is 1.09. The number of rotatable bonds is 7. The van der Waals surface area contributed by atoms with Gasteiger partial charge in [-0.25, -0.2) is 0 Å². The zero-order valence-corrected chi connectivity index (χ0v) is 36.7. The van der Waals surface area contributed by atoms with Crippen LogP contribution in [0.5, 0.6) is 0 Å². The SMILES string of the molecule is CC1(C)c2ccccc2-c2ccc(N(c3cccc(N(c4ccc5ccccc5c4)c4ccc5ccccc5c4-c4ccccc4)c3)c3ccc4c(c3)C(C)(C)c3ccccc3-4)cc21.